The second-order valence-corrected chi connectivity index (χ2v) is 26.9. The number of carbonyl (C=O) groups is 2. The van der Waals surface area contributed by atoms with Crippen LogP contribution in [-0.2, 0) is 95.0 Å². The fourth-order valence-corrected chi connectivity index (χ4v) is 13.5. The van der Waals surface area contributed by atoms with E-state index in [1.54, 1.807) is 0 Å². The van der Waals surface area contributed by atoms with E-state index in [2.05, 4.69) is 15.5 Å². The minimum absolute atomic E-state index is 0.616. The fourth-order valence-electron chi connectivity index (χ4n) is 13.5. The first kappa shape index (κ1) is 88.1. The lowest BCUT2D eigenvalue weighted by Crippen LogP contribution is -2.70. The third-order valence-electron chi connectivity index (χ3n) is 19.6. The van der Waals surface area contributed by atoms with Crippen LogP contribution in [-0.4, -0.2) is 480 Å². The van der Waals surface area contributed by atoms with Crippen LogP contribution < -0.4 is 16.5 Å². The Kier molecular flexibility index (Phi) is 31.7. The van der Waals surface area contributed by atoms with Gasteiger partial charge in [-0.05, 0) is 0 Å². The molecule has 9 rings (SSSR count). The summed E-state index contributed by atoms with van der Waals surface area (Å²) in [5.74, 6) is 3.45. The summed E-state index contributed by atoms with van der Waals surface area (Å²) in [7, 11) is 0. The number of rotatable bonds is 28. The van der Waals surface area contributed by atoms with Crippen LogP contribution in [0.1, 0.15) is 13.8 Å². The number of ether oxygens (including phenoxy) is 17. The number of nitrogens with two attached hydrogens (primary N) is 1. The van der Waals surface area contributed by atoms with Gasteiger partial charge in [0.2, 0.25) is 11.8 Å². The smallest absolute Gasteiger partial charge is 0.217 e. The largest absolute Gasteiger partial charge is 0.394 e. The SMILES string of the molecule is CC(=O)N[C@@H]1[C@@H](O)[C@H](O[C@@H]2O[C@H](CO)[C@@H](O[C@@H]3O[C@H](CO[C@H]4O[C@H](CO[C@H]5O[C@H](CO)[C@@H](O)[C@H](O)[C@@H]5O[C@H]5O[C@H](CON)[C@@H](O)[C@H](O)[C@@H]5O)[C@@H](O)[C@H](O[C@H]5O[C@H](CO)[C@@H](O)[C@H](O)[C@@H]5O)[C@@H]4O)[C@@H](O)[C@H](O[C@H]4O[C@H](CO[C@H]5O[C@H](CO)[C@@H](O)[C@H](O)[C@@H]5O)[C@@H](O)[C@H](O)[C@@H]4O)[C@@H]3O)[C@H](O)[C@H]2NC(C)=O)[C@@H](CO)O[C@H]1O. The summed E-state index contributed by atoms with van der Waals surface area (Å²) in [5, 5.41) is 291. The Morgan fingerprint density at radius 2 is 0.551 bits per heavy atom. The molecule has 9 heterocycles. The zero-order chi connectivity index (χ0) is 78.6. The van der Waals surface area contributed by atoms with Crippen molar-refractivity contribution in [1.29, 1.82) is 0 Å². The molecule has 0 saturated carbocycles. The van der Waals surface area contributed by atoms with Crippen molar-refractivity contribution in [3.05, 3.63) is 0 Å². The Hall–Kier alpha value is -2.86. The molecule has 0 bridgehead atoms. The van der Waals surface area contributed by atoms with E-state index in [4.69, 9.17) is 86.4 Å². The van der Waals surface area contributed by atoms with Crippen molar-refractivity contribution >= 4 is 11.8 Å². The second kappa shape index (κ2) is 38.5. The van der Waals surface area contributed by atoms with E-state index in [0.717, 1.165) is 13.8 Å². The van der Waals surface area contributed by atoms with Crippen molar-refractivity contribution in [2.45, 2.75) is 290 Å². The van der Waals surface area contributed by atoms with Gasteiger partial charge in [0, 0.05) is 13.8 Å². The lowest BCUT2D eigenvalue weighted by molar-refractivity contribution is -0.390. The molecule has 9 fully saturated rings. The quantitative estimate of drug-likeness (QED) is 0.0324. The Balaban J connectivity index is 1.02. The standard InChI is InChI=1S/C58H99N3O46/c1-12(67)60-23-32(76)45(17(6-65)94-50(23)89)103-51-24(61-13(2)68)33(77)46(18(7-66)98-51)104-57-44(88)48(106-55-41(85)36(80)28(72)19(100-55)8-90-52-39(83)34(78)25(69)14(3-62)95-52)31(75)21(101-57)9-91-53-43(87)47(105-54-40(84)35(79)26(70)15(4-63)96-54)30(74)20(99-53)10-92-58-49(38(82)27(71)16(5-64)97-58)107-56-42(86)37(81)29(73)22(102-56)11-93-59/h14-58,62-66,69-89H,3-11,59H2,1-2H3,(H,60,67)(H,61,68)/t14-,15-,16-,17-,18-,19-,20-,21-,22-,23-,24-,25-,26-,27-,28-,29-,30-,31-,32-,33-,34+,35+,36+,37+,38+,39+,40+,41+,42+,43+,44+,45-,46-,47+,48+,49+,50-,51+,52+,53+,54-,55-,56-,57+,58+/m1/s1. The van der Waals surface area contributed by atoms with Crippen LogP contribution >= 0.6 is 0 Å². The summed E-state index contributed by atoms with van der Waals surface area (Å²) in [6.45, 7) is -7.04. The minimum Gasteiger partial charge on any atom is -0.394 e. The van der Waals surface area contributed by atoms with Crippen LogP contribution in [0.25, 0.3) is 0 Å². The Labute approximate surface area is 604 Å². The van der Waals surface area contributed by atoms with Gasteiger partial charge in [-0.2, -0.15) is 0 Å². The van der Waals surface area contributed by atoms with Crippen molar-refractivity contribution in [3.8, 4) is 0 Å². The maximum atomic E-state index is 12.9. The number of amides is 2. The lowest BCUT2D eigenvalue weighted by Gasteiger charge is -2.50. The lowest BCUT2D eigenvalue weighted by atomic mass is 9.94. The molecule has 9 saturated heterocycles. The van der Waals surface area contributed by atoms with Crippen molar-refractivity contribution in [3.63, 3.8) is 0 Å². The highest BCUT2D eigenvalue weighted by molar-refractivity contribution is 5.73. The highest BCUT2D eigenvalue weighted by Gasteiger charge is 2.60. The maximum Gasteiger partial charge on any atom is 0.217 e. The summed E-state index contributed by atoms with van der Waals surface area (Å²) >= 11 is 0. The van der Waals surface area contributed by atoms with Gasteiger partial charge in [-0.15, -0.1) is 0 Å². The van der Waals surface area contributed by atoms with Gasteiger partial charge in [0.25, 0.3) is 0 Å². The van der Waals surface area contributed by atoms with Gasteiger partial charge in [-0.25, -0.2) is 5.90 Å². The molecule has 45 atom stereocenters. The number of aliphatic hydroxyl groups is 26. The van der Waals surface area contributed by atoms with Gasteiger partial charge < -0.3 is 229 Å². The van der Waals surface area contributed by atoms with E-state index in [1.165, 1.54) is 0 Å². The Morgan fingerprint density at radius 1 is 0.271 bits per heavy atom. The van der Waals surface area contributed by atoms with Gasteiger partial charge in [0.15, 0.2) is 56.6 Å². The van der Waals surface area contributed by atoms with Gasteiger partial charge in [-0.3, -0.25) is 9.59 Å². The molecule has 0 aliphatic carbocycles. The summed E-state index contributed by atoms with van der Waals surface area (Å²) < 4.78 is 98.5. The molecule has 0 aromatic heterocycles. The van der Waals surface area contributed by atoms with Crippen molar-refractivity contribution in [2.75, 3.05) is 59.5 Å². The normalized spacial score (nSPS) is 50.8. The van der Waals surface area contributed by atoms with Crippen molar-refractivity contribution in [2.24, 2.45) is 5.90 Å². The second-order valence-electron chi connectivity index (χ2n) is 26.9. The summed E-state index contributed by atoms with van der Waals surface area (Å²) in [6, 6.07) is -3.53. The first-order valence-electron chi connectivity index (χ1n) is 33.9. The van der Waals surface area contributed by atoms with Gasteiger partial charge in [-0.1, -0.05) is 0 Å². The Bertz CT molecular complexity index is 2740. The molecule has 49 heteroatoms. The highest BCUT2D eigenvalue weighted by atomic mass is 16.8. The monoisotopic (exact) mass is 1570 g/mol. The predicted octanol–water partition coefficient (Wildman–Crippen LogP) is -20.4. The predicted molar refractivity (Wildman–Crippen MR) is 323 cm³/mol. The summed E-state index contributed by atoms with van der Waals surface area (Å²) in [4.78, 5) is 29.5. The first-order chi connectivity index (χ1) is 50.6. The molecule has 0 aromatic carbocycles. The molecule has 9 aliphatic rings. The van der Waals surface area contributed by atoms with Crippen LogP contribution in [0.4, 0.5) is 0 Å². The van der Waals surface area contributed by atoms with E-state index in [9.17, 15) is 142 Å². The number of nitrogens with one attached hydrogen (secondary N) is 2. The Morgan fingerprint density at radius 3 is 0.991 bits per heavy atom. The van der Waals surface area contributed by atoms with Crippen LogP contribution in [0.5, 0.6) is 0 Å². The molecule has 0 unspecified atom stereocenters. The van der Waals surface area contributed by atoms with E-state index in [0.29, 0.717) is 0 Å². The third-order valence-corrected chi connectivity index (χ3v) is 19.6. The molecule has 107 heavy (non-hydrogen) atoms. The summed E-state index contributed by atoms with van der Waals surface area (Å²) in [5.41, 5.74) is 0. The molecule has 9 aliphatic heterocycles. The number of hydrogen-bond acceptors (Lipinski definition) is 47. The van der Waals surface area contributed by atoms with E-state index >= 15 is 0 Å². The molecule has 30 N–H and O–H groups in total. The summed E-state index contributed by atoms with van der Waals surface area (Å²) in [6.07, 6.45) is -88.8. The van der Waals surface area contributed by atoms with Crippen LogP contribution in [0, 0.1) is 0 Å². The zero-order valence-corrected chi connectivity index (χ0v) is 56.7. The molecule has 0 aromatic rings. The minimum atomic E-state index is -2.50. The molecule has 0 radical (unpaired) electrons. The first-order valence-corrected chi connectivity index (χ1v) is 33.9. The molecule has 0 spiro atoms. The van der Waals surface area contributed by atoms with E-state index in [1.807, 2.05) is 0 Å². The zero-order valence-electron chi connectivity index (χ0n) is 56.7. The topological polar surface area (TPSA) is 776 Å². The van der Waals surface area contributed by atoms with E-state index in [-0.39, 0.29) is 0 Å². The molecule has 2 amide bonds. The van der Waals surface area contributed by atoms with E-state index < -0.39 is 348 Å². The van der Waals surface area contributed by atoms with Crippen LogP contribution in [0.2, 0.25) is 0 Å². The highest BCUT2D eigenvalue weighted by Crippen LogP contribution is 2.39. The van der Waals surface area contributed by atoms with Gasteiger partial charge in [0.05, 0.1) is 59.5 Å². The molecule has 622 valence electrons. The average Bonchev–Trinajstić information content (AvgIpc) is 0.773. The van der Waals surface area contributed by atoms with Crippen LogP contribution in [0.3, 0.4) is 0 Å². The molecular weight excluding hydrogens is 1470 g/mol. The van der Waals surface area contributed by atoms with Crippen molar-refractivity contribution < 1.29 is 228 Å². The molecule has 49 nitrogen and oxygen atoms in total. The third kappa shape index (κ3) is 19.4. The fraction of sp³-hybridized carbons (Fsp3) is 0.966. The number of carbonyl (C=O) groups excluding carboxylic acids is 2. The maximum absolute atomic E-state index is 12.9. The van der Waals surface area contributed by atoms with Crippen LogP contribution in [0.15, 0.2) is 0 Å². The van der Waals surface area contributed by atoms with Gasteiger partial charge in [0.1, 0.15) is 220 Å². The number of hydrogen-bond donors (Lipinski definition) is 29. The molecular formula is C58H99N3O46. The van der Waals surface area contributed by atoms with Crippen molar-refractivity contribution in [1.82, 2.24) is 10.6 Å². The average molecular weight is 1570 g/mol. The number of aliphatic hydroxyl groups excluding tert-OH is 26. The van der Waals surface area contributed by atoms with Gasteiger partial charge >= 0.3 is 0 Å².